The van der Waals surface area contributed by atoms with Crippen LogP contribution < -0.4 is 5.32 Å². The molecule has 1 aromatic heterocycles. The van der Waals surface area contributed by atoms with Crippen LogP contribution in [0.25, 0.3) is 0 Å². The first-order chi connectivity index (χ1) is 7.70. The standard InChI is InChI=1S/C13H14INS/c1-9-3-5-10(6-4-9)13(15-2)11-7-12(14)16-8-11/h3-8,13,15H,1-2H3. The van der Waals surface area contributed by atoms with E-state index in [0.29, 0.717) is 6.04 Å². The second-order valence-corrected chi connectivity index (χ2v) is 6.62. The fourth-order valence-corrected chi connectivity index (χ4v) is 3.16. The van der Waals surface area contributed by atoms with Crippen molar-refractivity contribution in [2.75, 3.05) is 7.05 Å². The first-order valence-electron chi connectivity index (χ1n) is 5.18. The van der Waals surface area contributed by atoms with Crippen LogP contribution in [0.3, 0.4) is 0 Å². The predicted octanol–water partition coefficient (Wildman–Crippen LogP) is 3.97. The van der Waals surface area contributed by atoms with Crippen LogP contribution in [0.5, 0.6) is 0 Å². The van der Waals surface area contributed by atoms with Crippen LogP contribution in [0.1, 0.15) is 22.7 Å². The summed E-state index contributed by atoms with van der Waals surface area (Å²) in [5, 5.41) is 5.60. The summed E-state index contributed by atoms with van der Waals surface area (Å²) in [5.74, 6) is 0. The Kier molecular flexibility index (Phi) is 4.00. The smallest absolute Gasteiger partial charge is 0.0656 e. The molecule has 16 heavy (non-hydrogen) atoms. The van der Waals surface area contributed by atoms with Gasteiger partial charge < -0.3 is 5.32 Å². The number of benzene rings is 1. The topological polar surface area (TPSA) is 12.0 Å². The minimum Gasteiger partial charge on any atom is -0.309 e. The largest absolute Gasteiger partial charge is 0.309 e. The summed E-state index contributed by atoms with van der Waals surface area (Å²) in [5.41, 5.74) is 3.97. The van der Waals surface area contributed by atoms with E-state index < -0.39 is 0 Å². The number of aryl methyl sites for hydroxylation is 1. The second-order valence-electron chi connectivity index (χ2n) is 3.82. The maximum atomic E-state index is 3.37. The Morgan fingerprint density at radius 3 is 2.38 bits per heavy atom. The van der Waals surface area contributed by atoms with Gasteiger partial charge in [-0.25, -0.2) is 0 Å². The molecular weight excluding hydrogens is 329 g/mol. The van der Waals surface area contributed by atoms with Crippen molar-refractivity contribution in [2.45, 2.75) is 13.0 Å². The van der Waals surface area contributed by atoms with Crippen LogP contribution in [0.4, 0.5) is 0 Å². The summed E-state index contributed by atoms with van der Waals surface area (Å²) in [6.07, 6.45) is 0. The van der Waals surface area contributed by atoms with Crippen molar-refractivity contribution < 1.29 is 0 Å². The summed E-state index contributed by atoms with van der Waals surface area (Å²) in [6, 6.07) is 11.3. The highest BCUT2D eigenvalue weighted by Gasteiger charge is 2.12. The van der Waals surface area contributed by atoms with Gasteiger partial charge in [-0.05, 0) is 59.1 Å². The lowest BCUT2D eigenvalue weighted by atomic mass is 10.0. The molecule has 1 unspecified atom stereocenters. The molecule has 2 aromatic rings. The fourth-order valence-electron chi connectivity index (χ4n) is 1.76. The molecule has 1 nitrogen and oxygen atoms in total. The number of thiophene rings is 1. The number of hydrogen-bond acceptors (Lipinski definition) is 2. The highest BCUT2D eigenvalue weighted by atomic mass is 127. The van der Waals surface area contributed by atoms with E-state index in [2.05, 4.69) is 70.5 Å². The Hall–Kier alpha value is -0.390. The van der Waals surface area contributed by atoms with E-state index in [-0.39, 0.29) is 0 Å². The average molecular weight is 343 g/mol. The maximum Gasteiger partial charge on any atom is 0.0656 e. The van der Waals surface area contributed by atoms with Gasteiger partial charge in [0.2, 0.25) is 0 Å². The number of hydrogen-bond donors (Lipinski definition) is 1. The van der Waals surface area contributed by atoms with Crippen molar-refractivity contribution >= 4 is 33.9 Å². The minimum absolute atomic E-state index is 0.306. The molecule has 1 N–H and O–H groups in total. The third-order valence-electron chi connectivity index (χ3n) is 2.62. The number of nitrogens with one attached hydrogen (secondary N) is 1. The van der Waals surface area contributed by atoms with Gasteiger partial charge in [-0.15, -0.1) is 11.3 Å². The van der Waals surface area contributed by atoms with Gasteiger partial charge in [0.05, 0.1) is 8.93 Å². The minimum atomic E-state index is 0.306. The molecule has 0 amide bonds. The van der Waals surface area contributed by atoms with Crippen molar-refractivity contribution in [3.63, 3.8) is 0 Å². The lowest BCUT2D eigenvalue weighted by molar-refractivity contribution is 0.694. The zero-order valence-corrected chi connectivity index (χ0v) is 12.3. The predicted molar refractivity (Wildman–Crippen MR) is 79.1 cm³/mol. The van der Waals surface area contributed by atoms with Gasteiger partial charge in [0, 0.05) is 0 Å². The molecular formula is C13H14INS. The van der Waals surface area contributed by atoms with Crippen molar-refractivity contribution in [1.82, 2.24) is 5.32 Å². The van der Waals surface area contributed by atoms with Crippen LogP contribution >= 0.6 is 33.9 Å². The van der Waals surface area contributed by atoms with E-state index in [1.165, 1.54) is 19.6 Å². The van der Waals surface area contributed by atoms with Gasteiger partial charge in [-0.3, -0.25) is 0 Å². The quantitative estimate of drug-likeness (QED) is 0.832. The molecule has 0 fully saturated rings. The molecule has 0 aliphatic carbocycles. The van der Waals surface area contributed by atoms with Crippen LogP contribution in [0, 0.1) is 9.81 Å². The van der Waals surface area contributed by atoms with Gasteiger partial charge >= 0.3 is 0 Å². The van der Waals surface area contributed by atoms with Crippen LogP contribution in [-0.2, 0) is 0 Å². The Morgan fingerprint density at radius 2 is 1.88 bits per heavy atom. The molecule has 0 saturated heterocycles. The first kappa shape index (κ1) is 12.1. The van der Waals surface area contributed by atoms with Gasteiger partial charge in [0.25, 0.3) is 0 Å². The average Bonchev–Trinajstić information content (AvgIpc) is 2.69. The zero-order valence-electron chi connectivity index (χ0n) is 9.33. The van der Waals surface area contributed by atoms with Crippen LogP contribution in [-0.4, -0.2) is 7.05 Å². The van der Waals surface area contributed by atoms with Gasteiger partial charge in [-0.2, -0.15) is 0 Å². The number of halogens is 1. The molecule has 3 heteroatoms. The maximum absolute atomic E-state index is 3.37. The first-order valence-corrected chi connectivity index (χ1v) is 7.14. The van der Waals surface area contributed by atoms with E-state index in [9.17, 15) is 0 Å². The van der Waals surface area contributed by atoms with Crippen molar-refractivity contribution in [1.29, 1.82) is 0 Å². The van der Waals surface area contributed by atoms with E-state index in [1.807, 2.05) is 7.05 Å². The molecule has 1 atom stereocenters. The summed E-state index contributed by atoms with van der Waals surface area (Å²) >= 11 is 4.16. The molecule has 1 aromatic carbocycles. The molecule has 0 radical (unpaired) electrons. The molecule has 1 heterocycles. The van der Waals surface area contributed by atoms with Gasteiger partial charge in [0.15, 0.2) is 0 Å². The van der Waals surface area contributed by atoms with Crippen molar-refractivity contribution in [3.8, 4) is 0 Å². The van der Waals surface area contributed by atoms with Gasteiger partial charge in [0.1, 0.15) is 0 Å². The van der Waals surface area contributed by atoms with Crippen molar-refractivity contribution in [2.24, 2.45) is 0 Å². The fraction of sp³-hybridized carbons (Fsp3) is 0.231. The molecule has 2 rings (SSSR count). The lowest BCUT2D eigenvalue weighted by Gasteiger charge is -2.15. The Morgan fingerprint density at radius 1 is 1.19 bits per heavy atom. The zero-order chi connectivity index (χ0) is 11.5. The lowest BCUT2D eigenvalue weighted by Crippen LogP contribution is -2.16. The van der Waals surface area contributed by atoms with Gasteiger partial charge in [-0.1, -0.05) is 29.8 Å². The summed E-state index contributed by atoms with van der Waals surface area (Å²) < 4.78 is 1.33. The number of rotatable bonds is 3. The third kappa shape index (κ3) is 2.64. The summed E-state index contributed by atoms with van der Waals surface area (Å²) in [7, 11) is 2.01. The molecule has 0 spiro atoms. The molecule has 0 saturated carbocycles. The van der Waals surface area contributed by atoms with E-state index in [4.69, 9.17) is 0 Å². The van der Waals surface area contributed by atoms with E-state index in [1.54, 1.807) is 11.3 Å². The molecule has 84 valence electrons. The van der Waals surface area contributed by atoms with E-state index >= 15 is 0 Å². The van der Waals surface area contributed by atoms with Crippen LogP contribution in [0.15, 0.2) is 35.7 Å². The van der Waals surface area contributed by atoms with E-state index in [0.717, 1.165) is 0 Å². The normalized spacial score (nSPS) is 12.7. The Balaban J connectivity index is 2.32. The molecule has 0 aliphatic rings. The highest BCUT2D eigenvalue weighted by Crippen LogP contribution is 2.27. The second kappa shape index (κ2) is 5.29. The Bertz CT molecular complexity index is 461. The molecule has 0 aliphatic heterocycles. The third-order valence-corrected chi connectivity index (χ3v) is 4.43. The summed E-state index contributed by atoms with van der Waals surface area (Å²) in [6.45, 7) is 2.12. The Labute approximate surface area is 114 Å². The summed E-state index contributed by atoms with van der Waals surface area (Å²) in [4.78, 5) is 0. The van der Waals surface area contributed by atoms with Crippen molar-refractivity contribution in [3.05, 3.63) is 55.3 Å². The monoisotopic (exact) mass is 343 g/mol. The van der Waals surface area contributed by atoms with Crippen LogP contribution in [0.2, 0.25) is 0 Å². The molecule has 0 bridgehead atoms. The highest BCUT2D eigenvalue weighted by molar-refractivity contribution is 14.1. The SMILES string of the molecule is CNC(c1ccc(C)cc1)c1csc(I)c1.